The summed E-state index contributed by atoms with van der Waals surface area (Å²) in [5.74, 6) is 0.831. The number of nitrogens with zero attached hydrogens (tertiary/aromatic N) is 1. The van der Waals surface area contributed by atoms with Crippen LogP contribution >= 0.6 is 0 Å². The third-order valence-corrected chi connectivity index (χ3v) is 11.9. The van der Waals surface area contributed by atoms with Crippen molar-refractivity contribution in [3.8, 4) is 11.1 Å². The summed E-state index contributed by atoms with van der Waals surface area (Å²) in [6.45, 7) is 5.00. The highest BCUT2D eigenvalue weighted by atomic mass is 15.0. The van der Waals surface area contributed by atoms with Crippen LogP contribution < -0.4 is 5.32 Å². The van der Waals surface area contributed by atoms with Gasteiger partial charge in [-0.2, -0.15) is 0 Å². The molecule has 2 heterocycles. The Hall–Kier alpha value is -4.95. The first kappa shape index (κ1) is 26.3. The second kappa shape index (κ2) is 9.30. The minimum absolute atomic E-state index is 0.0146. The Labute approximate surface area is 271 Å². The van der Waals surface area contributed by atoms with Gasteiger partial charge >= 0.3 is 0 Å². The van der Waals surface area contributed by atoms with Gasteiger partial charge in [0.15, 0.2) is 0 Å². The molecule has 4 unspecified atom stereocenters. The molecule has 2 nitrogen and oxygen atoms in total. The average molecular weight is 593 g/mol. The van der Waals surface area contributed by atoms with E-state index in [1.54, 1.807) is 11.1 Å². The number of allylic oxidation sites excluding steroid dienone is 7. The molecule has 0 bridgehead atoms. The molecule has 0 aromatic heterocycles. The van der Waals surface area contributed by atoms with E-state index in [9.17, 15) is 0 Å². The van der Waals surface area contributed by atoms with E-state index in [0.29, 0.717) is 11.8 Å². The average Bonchev–Trinajstić information content (AvgIpc) is 3.68. The first-order valence-corrected chi connectivity index (χ1v) is 16.8. The van der Waals surface area contributed by atoms with E-state index in [-0.39, 0.29) is 16.9 Å². The van der Waals surface area contributed by atoms with Crippen LogP contribution in [0.1, 0.15) is 66.0 Å². The van der Waals surface area contributed by atoms with Gasteiger partial charge in [0.2, 0.25) is 0 Å². The van der Waals surface area contributed by atoms with E-state index in [0.717, 1.165) is 18.5 Å². The van der Waals surface area contributed by atoms with Crippen LogP contribution in [-0.4, -0.2) is 12.3 Å². The molecule has 0 fully saturated rings. The van der Waals surface area contributed by atoms with Crippen LogP contribution in [-0.2, 0) is 5.41 Å². The first-order valence-electron chi connectivity index (χ1n) is 16.8. The maximum absolute atomic E-state index is 5.02. The van der Waals surface area contributed by atoms with Gasteiger partial charge in [-0.25, -0.2) is 0 Å². The SMILES string of the molecule is CC1(C)C2=C(CCC=C2)C2C1c1ccccc1C21c2ccccc2-c2ccc(C3=C4N=CC=C(c5ccccc5)C4NC=C3)cc21. The lowest BCUT2D eigenvalue weighted by atomic mass is 9.63. The third-order valence-electron chi connectivity index (χ3n) is 11.9. The van der Waals surface area contributed by atoms with Crippen molar-refractivity contribution >= 4 is 17.4 Å². The maximum atomic E-state index is 5.02. The second-order valence-electron chi connectivity index (χ2n) is 14.3. The number of nitrogens with one attached hydrogen (secondary N) is 1. The van der Waals surface area contributed by atoms with Gasteiger partial charge in [-0.05, 0) is 98.3 Å². The standard InChI is InChI=1S/C44H36N2/c1-43(2)35-17-9-7-15-33(35)40-39(43)34-16-8-11-19-37(34)44(40)36-18-10-6-14-31(36)32-21-20-28(26-38(32)44)30-23-25-45-41-29(22-24-46-42(30)41)27-12-4-3-5-13-27/h3-6,8-14,16-26,39-41,45H,7,15H2,1-2H3. The predicted octanol–water partition coefficient (Wildman–Crippen LogP) is 9.77. The number of aliphatic imine (C=N–C) groups is 1. The molecule has 0 amide bonds. The number of benzene rings is 4. The Balaban J connectivity index is 1.22. The normalized spacial score (nSPS) is 27.1. The van der Waals surface area contributed by atoms with E-state index in [1.807, 2.05) is 6.21 Å². The fourth-order valence-corrected chi connectivity index (χ4v) is 10.3. The third kappa shape index (κ3) is 3.19. The minimum Gasteiger partial charge on any atom is -0.379 e. The van der Waals surface area contributed by atoms with Crippen LogP contribution in [0.3, 0.4) is 0 Å². The number of fused-ring (bicyclic) bond motifs is 12. The lowest BCUT2D eigenvalue weighted by Crippen LogP contribution is -2.35. The Kier molecular flexibility index (Phi) is 5.31. The van der Waals surface area contributed by atoms with E-state index < -0.39 is 0 Å². The van der Waals surface area contributed by atoms with Gasteiger partial charge in [0.1, 0.15) is 0 Å². The van der Waals surface area contributed by atoms with Crippen molar-refractivity contribution in [1.82, 2.24) is 5.32 Å². The molecule has 2 heteroatoms. The Morgan fingerprint density at radius 1 is 0.739 bits per heavy atom. The van der Waals surface area contributed by atoms with Gasteiger partial charge in [-0.15, -0.1) is 0 Å². The molecule has 46 heavy (non-hydrogen) atoms. The van der Waals surface area contributed by atoms with Crippen molar-refractivity contribution in [2.45, 2.75) is 44.1 Å². The zero-order valence-corrected chi connectivity index (χ0v) is 26.3. The van der Waals surface area contributed by atoms with Crippen molar-refractivity contribution in [3.63, 3.8) is 0 Å². The molecule has 4 atom stereocenters. The molecule has 4 aromatic rings. The largest absolute Gasteiger partial charge is 0.379 e. The van der Waals surface area contributed by atoms with Crippen LogP contribution in [0.2, 0.25) is 0 Å². The summed E-state index contributed by atoms with van der Waals surface area (Å²) in [7, 11) is 0. The van der Waals surface area contributed by atoms with Crippen LogP contribution in [0.25, 0.3) is 22.3 Å². The summed E-state index contributed by atoms with van der Waals surface area (Å²) in [6.07, 6.45) is 15.6. The molecule has 0 saturated heterocycles. The van der Waals surface area contributed by atoms with Crippen LogP contribution in [0.15, 0.2) is 149 Å². The number of hydrogen-bond acceptors (Lipinski definition) is 2. The van der Waals surface area contributed by atoms with Gasteiger partial charge in [0.05, 0.1) is 17.2 Å². The molecule has 2 aliphatic heterocycles. The van der Waals surface area contributed by atoms with Crippen molar-refractivity contribution in [2.75, 3.05) is 0 Å². The monoisotopic (exact) mass is 592 g/mol. The van der Waals surface area contributed by atoms with E-state index in [1.165, 1.54) is 55.7 Å². The fraction of sp³-hybridized carbons (Fsp3) is 0.205. The Morgan fingerprint density at radius 2 is 1.52 bits per heavy atom. The van der Waals surface area contributed by atoms with E-state index >= 15 is 0 Å². The summed E-state index contributed by atoms with van der Waals surface area (Å²) in [4.78, 5) is 5.02. The van der Waals surface area contributed by atoms with Gasteiger partial charge in [-0.1, -0.05) is 123 Å². The summed E-state index contributed by atoms with van der Waals surface area (Å²) < 4.78 is 0. The number of hydrogen-bond donors (Lipinski definition) is 1. The molecule has 4 aliphatic carbocycles. The van der Waals surface area contributed by atoms with E-state index in [4.69, 9.17) is 4.99 Å². The molecular formula is C44H36N2. The molecule has 6 aliphatic rings. The van der Waals surface area contributed by atoms with E-state index in [2.05, 4.69) is 147 Å². The highest BCUT2D eigenvalue weighted by Gasteiger charge is 2.65. The van der Waals surface area contributed by atoms with Gasteiger partial charge in [0, 0.05) is 23.6 Å². The highest BCUT2D eigenvalue weighted by molar-refractivity contribution is 5.96. The van der Waals surface area contributed by atoms with Gasteiger partial charge in [-0.3, -0.25) is 4.99 Å². The van der Waals surface area contributed by atoms with Crippen molar-refractivity contribution in [2.24, 2.45) is 16.3 Å². The maximum Gasteiger partial charge on any atom is 0.0948 e. The molecule has 222 valence electrons. The predicted molar refractivity (Wildman–Crippen MR) is 190 cm³/mol. The van der Waals surface area contributed by atoms with Crippen LogP contribution in [0.5, 0.6) is 0 Å². The molecule has 0 radical (unpaired) electrons. The summed E-state index contributed by atoms with van der Waals surface area (Å²) in [6, 6.07) is 36.7. The Morgan fingerprint density at radius 3 is 2.41 bits per heavy atom. The van der Waals surface area contributed by atoms with Gasteiger partial charge < -0.3 is 5.32 Å². The van der Waals surface area contributed by atoms with Crippen LogP contribution in [0, 0.1) is 11.3 Å². The molecule has 1 N–H and O–H groups in total. The van der Waals surface area contributed by atoms with Crippen molar-refractivity contribution in [3.05, 3.63) is 178 Å². The Bertz CT molecular complexity index is 2170. The second-order valence-corrected chi connectivity index (χ2v) is 14.3. The number of rotatable bonds is 2. The number of dihydropyridines is 2. The minimum atomic E-state index is -0.227. The zero-order chi connectivity index (χ0) is 30.6. The van der Waals surface area contributed by atoms with Crippen molar-refractivity contribution < 1.29 is 0 Å². The highest BCUT2D eigenvalue weighted by Crippen LogP contribution is 2.73. The zero-order valence-electron chi connectivity index (χ0n) is 26.3. The molecule has 0 saturated carbocycles. The summed E-state index contributed by atoms with van der Waals surface area (Å²) in [5.41, 5.74) is 17.8. The quantitative estimate of drug-likeness (QED) is 0.246. The first-order chi connectivity index (χ1) is 22.6. The summed E-state index contributed by atoms with van der Waals surface area (Å²) in [5, 5.41) is 3.63. The molecule has 10 rings (SSSR count). The molecule has 4 aromatic carbocycles. The summed E-state index contributed by atoms with van der Waals surface area (Å²) >= 11 is 0. The molecule has 1 spiro atoms. The van der Waals surface area contributed by atoms with Crippen LogP contribution in [0.4, 0.5) is 0 Å². The lowest BCUT2D eigenvalue weighted by molar-refractivity contribution is 0.305. The smallest absolute Gasteiger partial charge is 0.0948 e. The van der Waals surface area contributed by atoms with Gasteiger partial charge in [0.25, 0.3) is 0 Å². The topological polar surface area (TPSA) is 24.4 Å². The van der Waals surface area contributed by atoms with Crippen molar-refractivity contribution in [1.29, 1.82) is 0 Å². The molecular weight excluding hydrogens is 556 g/mol. The lowest BCUT2D eigenvalue weighted by Gasteiger charge is -2.38. The fourth-order valence-electron chi connectivity index (χ4n) is 10.3.